The molecule has 3 rings (SSSR count). The van der Waals surface area contributed by atoms with Crippen molar-refractivity contribution in [3.05, 3.63) is 11.9 Å². The molecule has 0 aromatic carbocycles. The molecule has 88 valence electrons. The number of aromatic nitrogens is 3. The second kappa shape index (κ2) is 3.53. The van der Waals surface area contributed by atoms with Crippen molar-refractivity contribution in [3.8, 4) is 0 Å². The minimum absolute atomic E-state index is 0.585. The molecular formula is C11H18N4O. The summed E-state index contributed by atoms with van der Waals surface area (Å²) >= 11 is 0. The van der Waals surface area contributed by atoms with E-state index < -0.39 is 5.60 Å². The lowest BCUT2D eigenvalue weighted by Gasteiger charge is -2.22. The van der Waals surface area contributed by atoms with Crippen LogP contribution in [0, 0.1) is 0 Å². The fourth-order valence-corrected chi connectivity index (χ4v) is 2.60. The van der Waals surface area contributed by atoms with E-state index in [0.29, 0.717) is 6.42 Å². The Morgan fingerprint density at radius 1 is 1.56 bits per heavy atom. The quantitative estimate of drug-likeness (QED) is 0.779. The molecule has 1 aliphatic carbocycles. The van der Waals surface area contributed by atoms with Gasteiger partial charge in [-0.15, -0.1) is 5.10 Å². The summed E-state index contributed by atoms with van der Waals surface area (Å²) in [6, 6.07) is 0.746. The van der Waals surface area contributed by atoms with Crippen LogP contribution in [0.5, 0.6) is 0 Å². The van der Waals surface area contributed by atoms with Crippen LogP contribution in [0.25, 0.3) is 0 Å². The van der Waals surface area contributed by atoms with Gasteiger partial charge in [0, 0.05) is 38.8 Å². The topological polar surface area (TPSA) is 54.2 Å². The molecule has 2 heterocycles. The Kier molecular flexibility index (Phi) is 2.26. The van der Waals surface area contributed by atoms with Crippen LogP contribution in [0.15, 0.2) is 6.20 Å². The van der Waals surface area contributed by atoms with E-state index in [1.165, 1.54) is 12.8 Å². The smallest absolute Gasteiger partial charge is 0.0856 e. The lowest BCUT2D eigenvalue weighted by Crippen LogP contribution is -2.36. The number of nitrogens with zero attached hydrogens (tertiary/aromatic N) is 4. The van der Waals surface area contributed by atoms with Crippen LogP contribution in [0.3, 0.4) is 0 Å². The number of aliphatic hydroxyl groups is 1. The van der Waals surface area contributed by atoms with Crippen molar-refractivity contribution < 1.29 is 5.11 Å². The van der Waals surface area contributed by atoms with Crippen molar-refractivity contribution in [2.24, 2.45) is 7.05 Å². The molecular weight excluding hydrogens is 204 g/mol. The molecule has 0 amide bonds. The van der Waals surface area contributed by atoms with Crippen LogP contribution in [-0.4, -0.2) is 49.7 Å². The van der Waals surface area contributed by atoms with Crippen LogP contribution < -0.4 is 0 Å². The fourth-order valence-electron chi connectivity index (χ4n) is 2.60. The maximum absolute atomic E-state index is 10.5. The van der Waals surface area contributed by atoms with Gasteiger partial charge in [-0.3, -0.25) is 9.58 Å². The van der Waals surface area contributed by atoms with Crippen LogP contribution in [0.1, 0.15) is 25.0 Å². The summed E-state index contributed by atoms with van der Waals surface area (Å²) in [6.07, 6.45) is 5.99. The highest BCUT2D eigenvalue weighted by atomic mass is 16.3. The number of hydrogen-bond donors (Lipinski definition) is 1. The van der Waals surface area contributed by atoms with Gasteiger partial charge < -0.3 is 5.11 Å². The van der Waals surface area contributed by atoms with Crippen molar-refractivity contribution in [1.82, 2.24) is 19.9 Å². The number of hydrogen-bond acceptors (Lipinski definition) is 4. The summed E-state index contributed by atoms with van der Waals surface area (Å²) in [5.74, 6) is 0. The lowest BCUT2D eigenvalue weighted by molar-refractivity contribution is 0.0477. The first-order valence-electron chi connectivity index (χ1n) is 5.96. The fraction of sp³-hybridized carbons (Fsp3) is 0.818. The third-order valence-corrected chi connectivity index (χ3v) is 3.59. The zero-order valence-electron chi connectivity index (χ0n) is 9.63. The maximum Gasteiger partial charge on any atom is 0.0856 e. The molecule has 5 heteroatoms. The van der Waals surface area contributed by atoms with Gasteiger partial charge in [0.15, 0.2) is 0 Å². The standard InChI is InChI=1S/C11H18N4O/c1-14-7-9(12-13-14)6-11(16)4-5-15(8-11)10-2-3-10/h7,10,16H,2-6,8H2,1H3. The van der Waals surface area contributed by atoms with Crippen molar-refractivity contribution in [2.75, 3.05) is 13.1 Å². The minimum atomic E-state index is -0.585. The molecule has 0 radical (unpaired) electrons. The first kappa shape index (κ1) is 10.2. The molecule has 5 nitrogen and oxygen atoms in total. The molecule has 16 heavy (non-hydrogen) atoms. The van der Waals surface area contributed by atoms with E-state index in [4.69, 9.17) is 0 Å². The maximum atomic E-state index is 10.5. The Morgan fingerprint density at radius 2 is 2.38 bits per heavy atom. The summed E-state index contributed by atoms with van der Waals surface area (Å²) in [4.78, 5) is 2.41. The molecule has 1 unspecified atom stereocenters. The number of β-amino-alcohol motifs (C(OH)–C–C–N with tert-alkyl or cyclic N) is 1. The van der Waals surface area contributed by atoms with E-state index in [1.54, 1.807) is 4.68 Å². The van der Waals surface area contributed by atoms with E-state index in [2.05, 4.69) is 15.2 Å². The normalized spacial score (nSPS) is 31.1. The van der Waals surface area contributed by atoms with Gasteiger partial charge >= 0.3 is 0 Å². The van der Waals surface area contributed by atoms with Crippen LogP contribution in [0.4, 0.5) is 0 Å². The molecule has 1 aromatic rings. The van der Waals surface area contributed by atoms with Gasteiger partial charge in [0.25, 0.3) is 0 Å². The van der Waals surface area contributed by atoms with Gasteiger partial charge in [-0.1, -0.05) is 5.21 Å². The zero-order chi connectivity index (χ0) is 11.2. The van der Waals surface area contributed by atoms with E-state index in [1.807, 2.05) is 13.2 Å². The van der Waals surface area contributed by atoms with Gasteiger partial charge in [-0.25, -0.2) is 0 Å². The van der Waals surface area contributed by atoms with Gasteiger partial charge in [0.2, 0.25) is 0 Å². The van der Waals surface area contributed by atoms with Crippen LogP contribution in [0.2, 0.25) is 0 Å². The van der Waals surface area contributed by atoms with Crippen molar-refractivity contribution in [1.29, 1.82) is 0 Å². The van der Waals surface area contributed by atoms with Crippen molar-refractivity contribution in [3.63, 3.8) is 0 Å². The van der Waals surface area contributed by atoms with E-state index >= 15 is 0 Å². The Hall–Kier alpha value is -0.940. The zero-order valence-corrected chi connectivity index (χ0v) is 9.63. The molecule has 0 spiro atoms. The average Bonchev–Trinajstić information content (AvgIpc) is 2.90. The van der Waals surface area contributed by atoms with Crippen molar-refractivity contribution >= 4 is 0 Å². The largest absolute Gasteiger partial charge is 0.388 e. The highest BCUT2D eigenvalue weighted by Crippen LogP contribution is 2.34. The average molecular weight is 222 g/mol. The molecule has 1 N–H and O–H groups in total. The Labute approximate surface area is 95.1 Å². The summed E-state index contributed by atoms with van der Waals surface area (Å²) in [7, 11) is 1.85. The summed E-state index contributed by atoms with van der Waals surface area (Å²) in [5.41, 5.74) is 0.307. The summed E-state index contributed by atoms with van der Waals surface area (Å²) in [5, 5.41) is 18.4. The Bertz CT molecular complexity index is 387. The second-order valence-corrected chi connectivity index (χ2v) is 5.24. The third-order valence-electron chi connectivity index (χ3n) is 3.59. The third kappa shape index (κ3) is 1.97. The lowest BCUT2D eigenvalue weighted by atomic mass is 9.97. The number of rotatable bonds is 3. The Balaban J connectivity index is 1.65. The minimum Gasteiger partial charge on any atom is -0.388 e. The van der Waals surface area contributed by atoms with Gasteiger partial charge in [0.05, 0.1) is 11.3 Å². The number of likely N-dealkylation sites (tertiary alicyclic amines) is 1. The van der Waals surface area contributed by atoms with Crippen LogP contribution in [-0.2, 0) is 13.5 Å². The SMILES string of the molecule is Cn1cc(CC2(O)CCN(C3CC3)C2)nn1. The predicted octanol–water partition coefficient (Wildman–Crippen LogP) is -0.0432. The number of aryl methyl sites for hydroxylation is 1. The summed E-state index contributed by atoms with van der Waals surface area (Å²) < 4.78 is 1.69. The molecule has 2 fully saturated rings. The molecule has 2 aliphatic rings. The van der Waals surface area contributed by atoms with Gasteiger partial charge in [0.1, 0.15) is 0 Å². The van der Waals surface area contributed by atoms with Gasteiger partial charge in [-0.2, -0.15) is 0 Å². The summed E-state index contributed by atoms with van der Waals surface area (Å²) in [6.45, 7) is 1.83. The Morgan fingerprint density at radius 3 is 3.00 bits per heavy atom. The van der Waals surface area contributed by atoms with Crippen molar-refractivity contribution in [2.45, 2.75) is 37.3 Å². The molecule has 1 aliphatic heterocycles. The first-order chi connectivity index (χ1) is 7.65. The second-order valence-electron chi connectivity index (χ2n) is 5.24. The monoisotopic (exact) mass is 222 g/mol. The molecule has 1 atom stereocenters. The predicted molar refractivity (Wildman–Crippen MR) is 58.9 cm³/mol. The van der Waals surface area contributed by atoms with E-state index in [0.717, 1.165) is 31.2 Å². The molecule has 1 saturated carbocycles. The highest BCUT2D eigenvalue weighted by Gasteiger charge is 2.42. The van der Waals surface area contributed by atoms with Crippen LogP contribution >= 0.6 is 0 Å². The van der Waals surface area contributed by atoms with Gasteiger partial charge in [-0.05, 0) is 19.3 Å². The first-order valence-corrected chi connectivity index (χ1v) is 5.96. The molecule has 1 aromatic heterocycles. The van der Waals surface area contributed by atoms with E-state index in [9.17, 15) is 5.11 Å². The van der Waals surface area contributed by atoms with E-state index in [-0.39, 0.29) is 0 Å². The molecule has 0 bridgehead atoms. The highest BCUT2D eigenvalue weighted by molar-refractivity contribution is 5.05. The molecule has 1 saturated heterocycles.